The van der Waals surface area contributed by atoms with Crippen LogP contribution in [-0.4, -0.2) is 18.1 Å². The summed E-state index contributed by atoms with van der Waals surface area (Å²) in [6, 6.07) is 11.4. The molecule has 0 saturated carbocycles. The normalized spacial score (nSPS) is 9.95. The number of amides is 1. The van der Waals surface area contributed by atoms with E-state index in [9.17, 15) is 4.79 Å². The summed E-state index contributed by atoms with van der Waals surface area (Å²) in [6.07, 6.45) is 0.283. The van der Waals surface area contributed by atoms with Gasteiger partial charge >= 0.3 is 0 Å². The van der Waals surface area contributed by atoms with Crippen molar-refractivity contribution in [1.29, 1.82) is 0 Å². The van der Waals surface area contributed by atoms with Gasteiger partial charge in [-0.3, -0.25) is 4.79 Å². The fourth-order valence-electron chi connectivity index (χ4n) is 1.72. The van der Waals surface area contributed by atoms with Crippen LogP contribution in [-0.2, 0) is 17.8 Å². The van der Waals surface area contributed by atoms with Gasteiger partial charge in [0.1, 0.15) is 5.75 Å². The molecule has 0 aliphatic rings. The Bertz CT molecular complexity index is 595. The van der Waals surface area contributed by atoms with Crippen LogP contribution in [0.3, 0.4) is 0 Å². The van der Waals surface area contributed by atoms with E-state index in [1.54, 1.807) is 18.4 Å². The summed E-state index contributed by atoms with van der Waals surface area (Å²) in [4.78, 5) is 13.0. The summed E-state index contributed by atoms with van der Waals surface area (Å²) in [5.74, 6) is 0.635. The molecule has 21 heavy (non-hydrogen) atoms. The first kappa shape index (κ1) is 15.5. The Morgan fingerprint density at radius 1 is 1.29 bits per heavy atom. The van der Waals surface area contributed by atoms with Gasteiger partial charge in [-0.25, -0.2) is 0 Å². The molecule has 6 heteroatoms. The summed E-state index contributed by atoms with van der Waals surface area (Å²) < 4.78 is 5.08. The van der Waals surface area contributed by atoms with E-state index in [2.05, 4.69) is 10.6 Å². The number of benzene rings is 1. The van der Waals surface area contributed by atoms with Crippen LogP contribution in [0.5, 0.6) is 5.75 Å². The number of ether oxygens (including phenoxy) is 1. The maximum atomic E-state index is 11.9. The molecule has 0 atom stereocenters. The van der Waals surface area contributed by atoms with Crippen molar-refractivity contribution in [2.24, 2.45) is 0 Å². The van der Waals surface area contributed by atoms with Crippen molar-refractivity contribution in [3.05, 3.63) is 52.2 Å². The molecule has 0 aliphatic carbocycles. The fourth-order valence-corrected chi connectivity index (χ4v) is 2.55. The predicted molar refractivity (Wildman–Crippen MR) is 88.6 cm³/mol. The topological polar surface area (TPSA) is 50.4 Å². The van der Waals surface area contributed by atoms with Crippen LogP contribution in [0.2, 0.25) is 0 Å². The maximum absolute atomic E-state index is 11.9. The first-order valence-corrected chi connectivity index (χ1v) is 7.69. The van der Waals surface area contributed by atoms with Crippen LogP contribution in [0.1, 0.15) is 10.4 Å². The van der Waals surface area contributed by atoms with Gasteiger partial charge in [-0.15, -0.1) is 11.3 Å². The average Bonchev–Trinajstić information content (AvgIpc) is 2.99. The lowest BCUT2D eigenvalue weighted by molar-refractivity contribution is -0.119. The molecule has 2 rings (SSSR count). The largest absolute Gasteiger partial charge is 0.497 e. The van der Waals surface area contributed by atoms with E-state index in [1.807, 2.05) is 41.8 Å². The minimum atomic E-state index is -0.135. The number of nitrogens with one attached hydrogen (secondary N) is 2. The second kappa shape index (κ2) is 7.75. The van der Waals surface area contributed by atoms with Gasteiger partial charge in [0.25, 0.3) is 0 Å². The zero-order valence-electron chi connectivity index (χ0n) is 11.6. The third-order valence-electron chi connectivity index (χ3n) is 2.78. The van der Waals surface area contributed by atoms with Crippen molar-refractivity contribution in [3.63, 3.8) is 0 Å². The molecule has 4 nitrogen and oxygen atoms in total. The first-order valence-electron chi connectivity index (χ1n) is 6.40. The third-order valence-corrected chi connectivity index (χ3v) is 3.90. The summed E-state index contributed by atoms with van der Waals surface area (Å²) >= 11 is 6.74. The molecule has 1 amide bonds. The molecule has 0 spiro atoms. The second-order valence-corrected chi connectivity index (χ2v) is 5.78. The molecule has 1 aromatic heterocycles. The van der Waals surface area contributed by atoms with Crippen LogP contribution >= 0.6 is 23.6 Å². The first-order chi connectivity index (χ1) is 10.2. The van der Waals surface area contributed by atoms with Crippen molar-refractivity contribution in [3.8, 4) is 5.75 Å². The van der Waals surface area contributed by atoms with Crippen molar-refractivity contribution in [2.75, 3.05) is 7.11 Å². The Kier molecular flexibility index (Phi) is 5.71. The van der Waals surface area contributed by atoms with E-state index in [-0.39, 0.29) is 12.3 Å². The number of rotatable bonds is 5. The highest BCUT2D eigenvalue weighted by molar-refractivity contribution is 7.80. The number of hydrogen-bond donors (Lipinski definition) is 2. The number of carbonyl (C=O) groups is 1. The Morgan fingerprint density at radius 3 is 2.67 bits per heavy atom. The molecule has 0 saturated heterocycles. The summed E-state index contributed by atoms with van der Waals surface area (Å²) in [6.45, 7) is 0.624. The Hall–Kier alpha value is -1.92. The monoisotopic (exact) mass is 320 g/mol. The summed E-state index contributed by atoms with van der Waals surface area (Å²) in [7, 11) is 1.61. The van der Waals surface area contributed by atoms with E-state index >= 15 is 0 Å². The molecule has 2 aromatic rings. The second-order valence-electron chi connectivity index (χ2n) is 4.34. The zero-order valence-corrected chi connectivity index (χ0v) is 13.2. The zero-order chi connectivity index (χ0) is 15.1. The summed E-state index contributed by atoms with van der Waals surface area (Å²) in [5.41, 5.74) is 0.911. The highest BCUT2D eigenvalue weighted by Gasteiger charge is 2.06. The molecule has 0 unspecified atom stereocenters. The van der Waals surface area contributed by atoms with Crippen LogP contribution in [0.15, 0.2) is 41.8 Å². The average molecular weight is 320 g/mol. The van der Waals surface area contributed by atoms with Gasteiger partial charge in [0.15, 0.2) is 5.11 Å². The number of thiocarbonyl (C=S) groups is 1. The highest BCUT2D eigenvalue weighted by atomic mass is 32.1. The van der Waals surface area contributed by atoms with Gasteiger partial charge in [0, 0.05) is 4.88 Å². The van der Waals surface area contributed by atoms with Gasteiger partial charge in [0.2, 0.25) is 5.91 Å². The van der Waals surface area contributed by atoms with E-state index in [4.69, 9.17) is 17.0 Å². The van der Waals surface area contributed by atoms with Gasteiger partial charge in [-0.2, -0.15) is 0 Å². The number of carbonyl (C=O) groups excluding carboxylic acids is 1. The molecule has 0 radical (unpaired) electrons. The Morgan fingerprint density at radius 2 is 2.05 bits per heavy atom. The Labute approximate surface area is 133 Å². The van der Waals surface area contributed by atoms with Crippen LogP contribution < -0.4 is 15.4 Å². The molecule has 110 valence electrons. The number of thiophene rings is 1. The van der Waals surface area contributed by atoms with E-state index < -0.39 is 0 Å². The lowest BCUT2D eigenvalue weighted by Gasteiger charge is -2.09. The lowest BCUT2D eigenvalue weighted by atomic mass is 10.1. The summed E-state index contributed by atoms with van der Waals surface area (Å²) in [5, 5.41) is 8.04. The van der Waals surface area contributed by atoms with E-state index in [1.165, 1.54) is 4.88 Å². The van der Waals surface area contributed by atoms with Crippen molar-refractivity contribution in [2.45, 2.75) is 13.0 Å². The lowest BCUT2D eigenvalue weighted by Crippen LogP contribution is -2.39. The maximum Gasteiger partial charge on any atom is 0.230 e. The van der Waals surface area contributed by atoms with E-state index in [0.717, 1.165) is 11.3 Å². The highest BCUT2D eigenvalue weighted by Crippen LogP contribution is 2.11. The quantitative estimate of drug-likeness (QED) is 0.831. The molecule has 1 aromatic carbocycles. The minimum Gasteiger partial charge on any atom is -0.497 e. The molecule has 1 heterocycles. The predicted octanol–water partition coefficient (Wildman–Crippen LogP) is 2.49. The van der Waals surface area contributed by atoms with Gasteiger partial charge in [0.05, 0.1) is 20.1 Å². The van der Waals surface area contributed by atoms with Crippen LogP contribution in [0.25, 0.3) is 0 Å². The van der Waals surface area contributed by atoms with Crippen LogP contribution in [0.4, 0.5) is 0 Å². The molecular weight excluding hydrogens is 304 g/mol. The fraction of sp³-hybridized carbons (Fsp3) is 0.200. The molecular formula is C15H16N2O2S2. The Balaban J connectivity index is 1.76. The van der Waals surface area contributed by atoms with Crippen LogP contribution in [0, 0.1) is 0 Å². The van der Waals surface area contributed by atoms with Crippen molar-refractivity contribution < 1.29 is 9.53 Å². The molecule has 0 aliphatic heterocycles. The molecule has 2 N–H and O–H groups in total. The third kappa shape index (κ3) is 5.17. The van der Waals surface area contributed by atoms with Gasteiger partial charge < -0.3 is 15.4 Å². The van der Waals surface area contributed by atoms with E-state index in [0.29, 0.717) is 11.7 Å². The standard InChI is InChI=1S/C15H16N2O2S2/c1-19-12-6-4-11(5-7-12)9-14(18)17-15(20)16-10-13-3-2-8-21-13/h2-8H,9-10H2,1H3,(H2,16,17,18,20). The van der Waals surface area contributed by atoms with Gasteiger partial charge in [-0.05, 0) is 41.4 Å². The smallest absolute Gasteiger partial charge is 0.230 e. The molecule has 0 bridgehead atoms. The minimum absolute atomic E-state index is 0.135. The van der Waals surface area contributed by atoms with Crippen molar-refractivity contribution in [1.82, 2.24) is 10.6 Å². The van der Waals surface area contributed by atoms with Crippen molar-refractivity contribution >= 4 is 34.6 Å². The number of methoxy groups -OCH3 is 1. The SMILES string of the molecule is COc1ccc(CC(=O)NC(=S)NCc2cccs2)cc1. The number of hydrogen-bond acceptors (Lipinski definition) is 4. The molecule has 0 fully saturated rings. The van der Waals surface area contributed by atoms with Gasteiger partial charge in [-0.1, -0.05) is 18.2 Å².